The highest BCUT2D eigenvalue weighted by atomic mass is 127. The van der Waals surface area contributed by atoms with Crippen LogP contribution < -0.4 is 10.6 Å². The molecule has 0 amide bonds. The predicted octanol–water partition coefficient (Wildman–Crippen LogP) is 1.54. The molecular formula is C11H15IN4. The number of nitrogens with zero attached hydrogens (tertiary/aromatic N) is 3. The van der Waals surface area contributed by atoms with Gasteiger partial charge in [0.2, 0.25) is 5.95 Å². The number of aromatic nitrogens is 2. The quantitative estimate of drug-likeness (QED) is 0.794. The third-order valence-corrected chi connectivity index (χ3v) is 4.16. The molecule has 16 heavy (non-hydrogen) atoms. The summed E-state index contributed by atoms with van der Waals surface area (Å²) in [6.45, 7) is 0. The Morgan fingerprint density at radius 2 is 1.75 bits per heavy atom. The molecule has 1 aromatic rings. The lowest BCUT2D eigenvalue weighted by Gasteiger charge is -2.37. The van der Waals surface area contributed by atoms with Crippen LogP contribution in [0, 0.1) is 3.57 Å². The fourth-order valence-electron chi connectivity index (χ4n) is 2.98. The van der Waals surface area contributed by atoms with Gasteiger partial charge in [0.05, 0.1) is 0 Å². The summed E-state index contributed by atoms with van der Waals surface area (Å²) in [7, 11) is 0. The summed E-state index contributed by atoms with van der Waals surface area (Å²) >= 11 is 2.23. The largest absolute Gasteiger partial charge is 0.335 e. The van der Waals surface area contributed by atoms with Crippen molar-refractivity contribution in [2.75, 3.05) is 4.90 Å². The van der Waals surface area contributed by atoms with Crippen molar-refractivity contribution in [2.45, 2.75) is 43.8 Å². The number of hydrogen-bond acceptors (Lipinski definition) is 4. The van der Waals surface area contributed by atoms with E-state index in [4.69, 9.17) is 5.73 Å². The van der Waals surface area contributed by atoms with Gasteiger partial charge in [-0.1, -0.05) is 0 Å². The number of fused-ring (bicyclic) bond motifs is 2. The Hall–Kier alpha value is -0.430. The van der Waals surface area contributed by atoms with E-state index < -0.39 is 0 Å². The summed E-state index contributed by atoms with van der Waals surface area (Å²) in [5.74, 6) is 0.889. The third kappa shape index (κ3) is 1.79. The van der Waals surface area contributed by atoms with E-state index in [0.29, 0.717) is 18.1 Å². The van der Waals surface area contributed by atoms with Crippen LogP contribution in [0.15, 0.2) is 12.4 Å². The average molecular weight is 330 g/mol. The van der Waals surface area contributed by atoms with E-state index in [-0.39, 0.29) is 0 Å². The summed E-state index contributed by atoms with van der Waals surface area (Å²) in [5, 5.41) is 0. The van der Waals surface area contributed by atoms with Crippen LogP contribution in [0.25, 0.3) is 0 Å². The first-order valence-corrected chi connectivity index (χ1v) is 6.83. The van der Waals surface area contributed by atoms with Crippen molar-refractivity contribution in [2.24, 2.45) is 5.73 Å². The second-order valence-corrected chi connectivity index (χ2v) is 5.97. The minimum absolute atomic E-state index is 0.373. The van der Waals surface area contributed by atoms with E-state index in [1.54, 1.807) is 0 Å². The van der Waals surface area contributed by atoms with Crippen LogP contribution in [0.4, 0.5) is 5.95 Å². The van der Waals surface area contributed by atoms with E-state index in [1.165, 1.54) is 12.8 Å². The standard InChI is InChI=1S/C11H15IN4/c12-7-5-14-11(15-6-7)16-9-1-2-10(16)4-8(13)3-9/h5-6,8-10H,1-4,13H2. The van der Waals surface area contributed by atoms with E-state index in [2.05, 4.69) is 37.5 Å². The SMILES string of the molecule is NC1CC2CCC(C1)N2c1ncc(I)cn1. The first-order valence-electron chi connectivity index (χ1n) is 5.75. The van der Waals surface area contributed by atoms with E-state index in [9.17, 15) is 0 Å². The van der Waals surface area contributed by atoms with Crippen LogP contribution in [0.2, 0.25) is 0 Å². The zero-order valence-electron chi connectivity index (χ0n) is 9.01. The van der Waals surface area contributed by atoms with Crippen molar-refractivity contribution in [1.29, 1.82) is 0 Å². The number of anilines is 1. The van der Waals surface area contributed by atoms with Gasteiger partial charge in [-0.3, -0.25) is 0 Å². The number of hydrogen-bond donors (Lipinski definition) is 1. The molecule has 3 rings (SSSR count). The average Bonchev–Trinajstić information content (AvgIpc) is 2.54. The van der Waals surface area contributed by atoms with Crippen LogP contribution in [0.3, 0.4) is 0 Å². The molecule has 0 radical (unpaired) electrons. The monoisotopic (exact) mass is 330 g/mol. The van der Waals surface area contributed by atoms with Crippen molar-refractivity contribution >= 4 is 28.5 Å². The van der Waals surface area contributed by atoms with Gasteiger partial charge < -0.3 is 10.6 Å². The van der Waals surface area contributed by atoms with Crippen molar-refractivity contribution < 1.29 is 0 Å². The maximum atomic E-state index is 6.05. The van der Waals surface area contributed by atoms with Crippen molar-refractivity contribution in [3.8, 4) is 0 Å². The van der Waals surface area contributed by atoms with E-state index >= 15 is 0 Å². The van der Waals surface area contributed by atoms with Gasteiger partial charge >= 0.3 is 0 Å². The van der Waals surface area contributed by atoms with Gasteiger partial charge in [-0.15, -0.1) is 0 Å². The lowest BCUT2D eigenvalue weighted by molar-refractivity contribution is 0.409. The van der Waals surface area contributed by atoms with Gasteiger partial charge in [-0.2, -0.15) is 0 Å². The van der Waals surface area contributed by atoms with Crippen molar-refractivity contribution in [3.63, 3.8) is 0 Å². The lowest BCUT2D eigenvalue weighted by atomic mass is 9.99. The molecule has 1 aromatic heterocycles. The third-order valence-electron chi connectivity index (χ3n) is 3.61. The zero-order valence-corrected chi connectivity index (χ0v) is 11.2. The van der Waals surface area contributed by atoms with Gasteiger partial charge in [0.15, 0.2) is 0 Å². The minimum atomic E-state index is 0.373. The first-order chi connectivity index (χ1) is 7.74. The highest BCUT2D eigenvalue weighted by Gasteiger charge is 2.40. The molecule has 2 atom stereocenters. The lowest BCUT2D eigenvalue weighted by Crippen LogP contribution is -2.48. The molecule has 2 fully saturated rings. The molecule has 5 heteroatoms. The Morgan fingerprint density at radius 3 is 2.31 bits per heavy atom. The maximum Gasteiger partial charge on any atom is 0.225 e. The molecule has 0 spiro atoms. The summed E-state index contributed by atoms with van der Waals surface area (Å²) < 4.78 is 1.09. The maximum absolute atomic E-state index is 6.05. The Labute approximate surface area is 109 Å². The van der Waals surface area contributed by atoms with Gasteiger partial charge in [0.1, 0.15) is 0 Å². The summed E-state index contributed by atoms with van der Waals surface area (Å²) in [6.07, 6.45) is 8.44. The zero-order chi connectivity index (χ0) is 11.1. The molecule has 0 aromatic carbocycles. The molecule has 2 aliphatic rings. The molecule has 2 N–H and O–H groups in total. The van der Waals surface area contributed by atoms with Gasteiger partial charge in [0, 0.05) is 34.1 Å². The second kappa shape index (κ2) is 4.10. The topological polar surface area (TPSA) is 55.0 Å². The Balaban J connectivity index is 1.88. The molecule has 0 saturated carbocycles. The van der Waals surface area contributed by atoms with Crippen LogP contribution in [0.1, 0.15) is 25.7 Å². The Bertz CT molecular complexity index is 366. The number of halogens is 1. The van der Waals surface area contributed by atoms with Crippen LogP contribution >= 0.6 is 22.6 Å². The molecule has 0 aliphatic carbocycles. The Morgan fingerprint density at radius 1 is 1.19 bits per heavy atom. The smallest absolute Gasteiger partial charge is 0.225 e. The molecule has 4 nitrogen and oxygen atoms in total. The molecule has 3 heterocycles. The normalized spacial score (nSPS) is 33.1. The highest BCUT2D eigenvalue weighted by molar-refractivity contribution is 14.1. The number of rotatable bonds is 1. The fourth-order valence-corrected chi connectivity index (χ4v) is 3.26. The molecule has 86 valence electrons. The molecule has 2 aliphatic heterocycles. The first kappa shape index (κ1) is 10.7. The van der Waals surface area contributed by atoms with Gasteiger partial charge in [0.25, 0.3) is 0 Å². The highest BCUT2D eigenvalue weighted by Crippen LogP contribution is 2.37. The van der Waals surface area contributed by atoms with Crippen molar-refractivity contribution in [1.82, 2.24) is 9.97 Å². The van der Waals surface area contributed by atoms with Crippen LogP contribution in [-0.2, 0) is 0 Å². The minimum Gasteiger partial charge on any atom is -0.335 e. The van der Waals surface area contributed by atoms with Crippen LogP contribution in [-0.4, -0.2) is 28.1 Å². The fraction of sp³-hybridized carbons (Fsp3) is 0.636. The molecule has 2 bridgehead atoms. The van der Waals surface area contributed by atoms with Gasteiger partial charge in [-0.05, 0) is 48.3 Å². The van der Waals surface area contributed by atoms with E-state index in [1.807, 2.05) is 12.4 Å². The van der Waals surface area contributed by atoms with Crippen LogP contribution in [0.5, 0.6) is 0 Å². The molecule has 2 unspecified atom stereocenters. The van der Waals surface area contributed by atoms with Crippen molar-refractivity contribution in [3.05, 3.63) is 16.0 Å². The predicted molar refractivity (Wildman–Crippen MR) is 71.2 cm³/mol. The molecular weight excluding hydrogens is 315 g/mol. The van der Waals surface area contributed by atoms with Gasteiger partial charge in [-0.25, -0.2) is 9.97 Å². The summed E-state index contributed by atoms with van der Waals surface area (Å²) in [6, 6.07) is 1.50. The molecule has 2 saturated heterocycles. The number of nitrogens with two attached hydrogens (primary N) is 1. The summed E-state index contributed by atoms with van der Waals surface area (Å²) in [5.41, 5.74) is 6.05. The number of piperidine rings is 1. The summed E-state index contributed by atoms with van der Waals surface area (Å²) in [4.78, 5) is 11.3. The Kier molecular flexibility index (Phi) is 2.75. The second-order valence-electron chi connectivity index (χ2n) is 4.73. The van der Waals surface area contributed by atoms with E-state index in [0.717, 1.165) is 22.4 Å².